The number of benzene rings is 1. The molecule has 0 radical (unpaired) electrons. The van der Waals surface area contributed by atoms with Crippen LogP contribution in [-0.4, -0.2) is 57.4 Å². The Hall–Kier alpha value is -2.25. The van der Waals surface area contributed by atoms with E-state index in [4.69, 9.17) is 4.74 Å². The van der Waals surface area contributed by atoms with Crippen molar-refractivity contribution in [1.82, 2.24) is 14.5 Å². The van der Waals surface area contributed by atoms with Gasteiger partial charge in [-0.1, -0.05) is 18.6 Å². The molecule has 1 saturated carbocycles. The van der Waals surface area contributed by atoms with Gasteiger partial charge in [-0.3, -0.25) is 14.2 Å². The van der Waals surface area contributed by atoms with Crippen LogP contribution in [0.15, 0.2) is 35.4 Å². The van der Waals surface area contributed by atoms with Crippen LogP contribution in [0.2, 0.25) is 0 Å². The summed E-state index contributed by atoms with van der Waals surface area (Å²) in [7, 11) is 1.71. The van der Waals surface area contributed by atoms with Crippen molar-refractivity contribution in [2.24, 2.45) is 5.92 Å². The monoisotopic (exact) mass is 399 g/mol. The summed E-state index contributed by atoms with van der Waals surface area (Å²) < 4.78 is 6.94. The molecular weight excluding hydrogens is 370 g/mol. The highest BCUT2D eigenvalue weighted by Gasteiger charge is 2.37. The minimum Gasteiger partial charge on any atom is -0.388 e. The zero-order valence-corrected chi connectivity index (χ0v) is 16.9. The molecule has 4 rings (SSSR count). The number of nitrogens with zero attached hydrogens (tertiary/aromatic N) is 3. The van der Waals surface area contributed by atoms with Crippen molar-refractivity contribution in [3.63, 3.8) is 0 Å². The average molecular weight is 399 g/mol. The Morgan fingerprint density at radius 3 is 2.79 bits per heavy atom. The number of piperidine rings is 1. The van der Waals surface area contributed by atoms with Crippen LogP contribution in [0, 0.1) is 5.92 Å². The summed E-state index contributed by atoms with van der Waals surface area (Å²) in [5, 5.41) is 11.6. The number of hydrogen-bond acceptors (Lipinski definition) is 5. The van der Waals surface area contributed by atoms with Crippen molar-refractivity contribution >= 4 is 16.8 Å². The van der Waals surface area contributed by atoms with Crippen molar-refractivity contribution in [3.8, 4) is 0 Å². The molecule has 0 bridgehead atoms. The lowest BCUT2D eigenvalue weighted by molar-refractivity contribution is -0.142. The Balaban J connectivity index is 1.40. The number of carbonyl (C=O) groups excluding carboxylic acids is 1. The zero-order chi connectivity index (χ0) is 20.4. The maximum absolute atomic E-state index is 12.9. The Morgan fingerprint density at radius 1 is 1.28 bits per heavy atom. The molecule has 1 saturated heterocycles. The van der Waals surface area contributed by atoms with E-state index in [9.17, 15) is 14.7 Å². The minimum absolute atomic E-state index is 0.0206. The van der Waals surface area contributed by atoms with Crippen LogP contribution in [0.5, 0.6) is 0 Å². The Morgan fingerprint density at radius 2 is 2.03 bits per heavy atom. The van der Waals surface area contributed by atoms with E-state index in [0.717, 1.165) is 25.7 Å². The molecule has 1 aliphatic carbocycles. The first-order valence-corrected chi connectivity index (χ1v) is 10.5. The molecule has 29 heavy (non-hydrogen) atoms. The first kappa shape index (κ1) is 20.0. The van der Waals surface area contributed by atoms with Gasteiger partial charge in [0, 0.05) is 26.1 Å². The summed E-state index contributed by atoms with van der Waals surface area (Å²) in [6, 6.07) is 7.22. The normalized spacial score (nSPS) is 24.6. The number of carbonyl (C=O) groups is 1. The fraction of sp³-hybridized carbons (Fsp3) is 0.591. The quantitative estimate of drug-likeness (QED) is 0.850. The molecule has 2 atom stereocenters. The van der Waals surface area contributed by atoms with Gasteiger partial charge >= 0.3 is 0 Å². The standard InChI is InChI=1S/C22H29N3O4/c1-29-17-6-4-5-16(13-17)20(26)24-11-9-22(28,10-12-24)14-25-15-23-19-8-3-2-7-18(19)21(25)27/h2-3,7-8,15-17,28H,4-6,9-14H2,1H3. The second kappa shape index (κ2) is 8.24. The molecule has 1 aromatic heterocycles. The second-order valence-electron chi connectivity index (χ2n) is 8.47. The van der Waals surface area contributed by atoms with Gasteiger partial charge in [0.15, 0.2) is 0 Å². The van der Waals surface area contributed by atoms with Crippen LogP contribution in [0.3, 0.4) is 0 Å². The lowest BCUT2D eigenvalue weighted by Gasteiger charge is -2.40. The van der Waals surface area contributed by atoms with Crippen LogP contribution in [0.1, 0.15) is 38.5 Å². The third kappa shape index (κ3) is 4.21. The molecule has 2 aliphatic rings. The van der Waals surface area contributed by atoms with Gasteiger partial charge in [0.25, 0.3) is 5.56 Å². The molecular formula is C22H29N3O4. The smallest absolute Gasteiger partial charge is 0.261 e. The van der Waals surface area contributed by atoms with Gasteiger partial charge in [0.2, 0.25) is 5.91 Å². The van der Waals surface area contributed by atoms with Gasteiger partial charge in [-0.25, -0.2) is 4.98 Å². The summed E-state index contributed by atoms with van der Waals surface area (Å²) >= 11 is 0. The molecule has 1 aliphatic heterocycles. The molecule has 156 valence electrons. The van der Waals surface area contributed by atoms with E-state index in [1.54, 1.807) is 19.2 Å². The maximum Gasteiger partial charge on any atom is 0.261 e. The van der Waals surface area contributed by atoms with Crippen molar-refractivity contribution in [1.29, 1.82) is 0 Å². The molecule has 2 heterocycles. The lowest BCUT2D eigenvalue weighted by Crippen LogP contribution is -2.51. The SMILES string of the molecule is COC1CCCC(C(=O)N2CCC(O)(Cn3cnc4ccccc4c3=O)CC2)C1. The van der Waals surface area contributed by atoms with Crippen LogP contribution >= 0.6 is 0 Å². The van der Waals surface area contributed by atoms with Crippen molar-refractivity contribution < 1.29 is 14.6 Å². The number of ether oxygens (including phenoxy) is 1. The summed E-state index contributed by atoms with van der Waals surface area (Å²) in [4.78, 5) is 31.8. The van der Waals surface area contributed by atoms with E-state index >= 15 is 0 Å². The molecule has 2 aromatic rings. The predicted molar refractivity (Wildman–Crippen MR) is 110 cm³/mol. The maximum atomic E-state index is 12.9. The number of likely N-dealkylation sites (tertiary alicyclic amines) is 1. The number of rotatable bonds is 4. The Bertz CT molecular complexity index is 933. The topological polar surface area (TPSA) is 84.7 Å². The van der Waals surface area contributed by atoms with Gasteiger partial charge in [-0.05, 0) is 44.2 Å². The molecule has 1 N–H and O–H groups in total. The first-order valence-electron chi connectivity index (χ1n) is 10.5. The zero-order valence-electron chi connectivity index (χ0n) is 16.9. The highest BCUT2D eigenvalue weighted by molar-refractivity contribution is 5.79. The number of aromatic nitrogens is 2. The van der Waals surface area contributed by atoms with Crippen molar-refractivity contribution in [3.05, 3.63) is 40.9 Å². The van der Waals surface area contributed by atoms with Gasteiger partial charge in [0.05, 0.1) is 35.5 Å². The fourth-order valence-corrected chi connectivity index (χ4v) is 4.68. The minimum atomic E-state index is -1.01. The molecule has 2 unspecified atom stereocenters. The third-order valence-corrected chi connectivity index (χ3v) is 6.51. The number of fused-ring (bicyclic) bond motifs is 1. The Kier molecular flexibility index (Phi) is 5.69. The summed E-state index contributed by atoms with van der Waals surface area (Å²) in [6.45, 7) is 1.22. The van der Waals surface area contributed by atoms with E-state index in [1.165, 1.54) is 10.9 Å². The van der Waals surface area contributed by atoms with Crippen LogP contribution in [-0.2, 0) is 16.1 Å². The summed E-state index contributed by atoms with van der Waals surface area (Å²) in [5.41, 5.74) is -0.495. The summed E-state index contributed by atoms with van der Waals surface area (Å²) in [6.07, 6.45) is 6.33. The number of para-hydroxylation sites is 1. The van der Waals surface area contributed by atoms with Crippen molar-refractivity contribution in [2.75, 3.05) is 20.2 Å². The molecule has 1 amide bonds. The van der Waals surface area contributed by atoms with Crippen LogP contribution in [0.25, 0.3) is 10.9 Å². The fourth-order valence-electron chi connectivity index (χ4n) is 4.68. The van der Waals surface area contributed by atoms with Gasteiger partial charge in [0.1, 0.15) is 0 Å². The summed E-state index contributed by atoms with van der Waals surface area (Å²) in [5.74, 6) is 0.200. The predicted octanol–water partition coefficient (Wildman–Crippen LogP) is 1.96. The van der Waals surface area contributed by atoms with Crippen molar-refractivity contribution in [2.45, 2.75) is 56.8 Å². The van der Waals surface area contributed by atoms with Gasteiger partial charge in [-0.15, -0.1) is 0 Å². The second-order valence-corrected chi connectivity index (χ2v) is 8.47. The number of hydrogen-bond donors (Lipinski definition) is 1. The van der Waals surface area contributed by atoms with Gasteiger partial charge < -0.3 is 14.7 Å². The van der Waals surface area contributed by atoms with Gasteiger partial charge in [-0.2, -0.15) is 0 Å². The number of aliphatic hydroxyl groups is 1. The average Bonchev–Trinajstić information content (AvgIpc) is 2.76. The van der Waals surface area contributed by atoms with E-state index in [1.807, 2.05) is 17.0 Å². The number of amides is 1. The molecule has 7 nitrogen and oxygen atoms in total. The van der Waals surface area contributed by atoms with E-state index in [0.29, 0.717) is 36.8 Å². The third-order valence-electron chi connectivity index (χ3n) is 6.51. The molecule has 2 fully saturated rings. The largest absolute Gasteiger partial charge is 0.388 e. The van der Waals surface area contributed by atoms with Crippen LogP contribution in [0.4, 0.5) is 0 Å². The Labute approximate surface area is 170 Å². The lowest BCUT2D eigenvalue weighted by atomic mass is 9.84. The van der Waals surface area contributed by atoms with E-state index < -0.39 is 5.60 Å². The van der Waals surface area contributed by atoms with Crippen LogP contribution < -0.4 is 5.56 Å². The highest BCUT2D eigenvalue weighted by atomic mass is 16.5. The molecule has 0 spiro atoms. The molecule has 1 aromatic carbocycles. The molecule has 7 heteroatoms. The highest BCUT2D eigenvalue weighted by Crippen LogP contribution is 2.30. The van der Waals surface area contributed by atoms with E-state index in [-0.39, 0.29) is 30.0 Å². The first-order chi connectivity index (χ1) is 14.0. The number of methoxy groups -OCH3 is 1. The van der Waals surface area contributed by atoms with E-state index in [2.05, 4.69) is 4.98 Å².